The van der Waals surface area contributed by atoms with Crippen molar-refractivity contribution in [2.24, 2.45) is 0 Å². The molecule has 0 saturated heterocycles. The highest BCUT2D eigenvalue weighted by molar-refractivity contribution is 5.98. The van der Waals surface area contributed by atoms with Crippen molar-refractivity contribution >= 4 is 29.4 Å². The standard InChI is InChI=1S/C7H5N3O2.ClH/c11-7(12)6-5-4(1-2-8-6)9-3-10-5;/h1-3H,(H,9,10)(H,11,12);1H. The van der Waals surface area contributed by atoms with Gasteiger partial charge in [0.2, 0.25) is 0 Å². The molecule has 2 N–H and O–H groups in total. The number of aromatic nitrogens is 3. The molecule has 5 nitrogen and oxygen atoms in total. The summed E-state index contributed by atoms with van der Waals surface area (Å²) in [6, 6.07) is 1.68. The number of aromatic amines is 1. The second-order valence-corrected chi connectivity index (χ2v) is 2.26. The Labute approximate surface area is 79.2 Å². The van der Waals surface area contributed by atoms with Crippen molar-refractivity contribution in [3.05, 3.63) is 24.3 Å². The minimum Gasteiger partial charge on any atom is -0.476 e. The summed E-state index contributed by atoms with van der Waals surface area (Å²) in [7, 11) is 0. The molecular weight excluding hydrogens is 194 g/mol. The number of aromatic carboxylic acids is 1. The number of carboxylic acids is 1. The van der Waals surface area contributed by atoms with Gasteiger partial charge >= 0.3 is 5.97 Å². The number of rotatable bonds is 1. The van der Waals surface area contributed by atoms with Crippen molar-refractivity contribution in [2.45, 2.75) is 0 Å². The van der Waals surface area contributed by atoms with Gasteiger partial charge in [-0.05, 0) is 6.07 Å². The zero-order valence-electron chi connectivity index (χ0n) is 6.39. The number of halogens is 1. The quantitative estimate of drug-likeness (QED) is 0.720. The van der Waals surface area contributed by atoms with Crippen molar-refractivity contribution in [1.29, 1.82) is 0 Å². The third-order valence-electron chi connectivity index (χ3n) is 1.54. The van der Waals surface area contributed by atoms with Crippen LogP contribution in [0, 0.1) is 0 Å². The van der Waals surface area contributed by atoms with Gasteiger partial charge in [-0.3, -0.25) is 0 Å². The molecular formula is C7H6ClN3O2. The van der Waals surface area contributed by atoms with Gasteiger partial charge in [0, 0.05) is 6.20 Å². The largest absolute Gasteiger partial charge is 0.476 e. The number of carboxylic acid groups (broad SMARTS) is 1. The average molecular weight is 200 g/mol. The number of carbonyl (C=O) groups is 1. The number of nitrogens with zero attached hydrogens (tertiary/aromatic N) is 2. The fourth-order valence-corrected chi connectivity index (χ4v) is 1.02. The molecule has 2 aromatic rings. The summed E-state index contributed by atoms with van der Waals surface area (Å²) in [5, 5.41) is 8.68. The highest BCUT2D eigenvalue weighted by Crippen LogP contribution is 2.10. The van der Waals surface area contributed by atoms with E-state index in [2.05, 4.69) is 15.0 Å². The van der Waals surface area contributed by atoms with Crippen LogP contribution in [0.1, 0.15) is 10.5 Å². The molecule has 0 spiro atoms. The highest BCUT2D eigenvalue weighted by atomic mass is 35.5. The van der Waals surface area contributed by atoms with Gasteiger partial charge in [0.15, 0.2) is 5.69 Å². The first kappa shape index (κ1) is 9.47. The third kappa shape index (κ3) is 1.46. The SMILES string of the molecule is Cl.O=C(O)c1nccc2[nH]cnc12. The minimum atomic E-state index is -1.06. The number of pyridine rings is 1. The number of fused-ring (bicyclic) bond motifs is 1. The van der Waals surface area contributed by atoms with E-state index in [0.29, 0.717) is 11.0 Å². The first-order valence-electron chi connectivity index (χ1n) is 3.30. The molecule has 0 saturated carbocycles. The van der Waals surface area contributed by atoms with Crippen molar-refractivity contribution in [1.82, 2.24) is 15.0 Å². The summed E-state index contributed by atoms with van der Waals surface area (Å²) in [5.41, 5.74) is 1.06. The average Bonchev–Trinajstić information content (AvgIpc) is 2.49. The van der Waals surface area contributed by atoms with Gasteiger partial charge < -0.3 is 10.1 Å². The van der Waals surface area contributed by atoms with Gasteiger partial charge in [0.25, 0.3) is 0 Å². The number of imidazole rings is 1. The van der Waals surface area contributed by atoms with Crippen LogP contribution in [0.5, 0.6) is 0 Å². The van der Waals surface area contributed by atoms with E-state index >= 15 is 0 Å². The molecule has 0 fully saturated rings. The van der Waals surface area contributed by atoms with Crippen LogP contribution < -0.4 is 0 Å². The topological polar surface area (TPSA) is 78.9 Å². The lowest BCUT2D eigenvalue weighted by Gasteiger charge is -1.92. The van der Waals surface area contributed by atoms with Crippen molar-refractivity contribution in [3.8, 4) is 0 Å². The molecule has 0 aliphatic carbocycles. The van der Waals surface area contributed by atoms with E-state index in [4.69, 9.17) is 5.11 Å². The van der Waals surface area contributed by atoms with Gasteiger partial charge in [-0.1, -0.05) is 0 Å². The molecule has 0 amide bonds. The van der Waals surface area contributed by atoms with Crippen LogP contribution in [0.2, 0.25) is 0 Å². The van der Waals surface area contributed by atoms with Crippen LogP contribution in [0.3, 0.4) is 0 Å². The molecule has 0 aliphatic rings. The summed E-state index contributed by atoms with van der Waals surface area (Å²) in [4.78, 5) is 20.9. The first-order chi connectivity index (χ1) is 5.79. The van der Waals surface area contributed by atoms with E-state index in [-0.39, 0.29) is 18.1 Å². The Balaban J connectivity index is 0.000000845. The van der Waals surface area contributed by atoms with Gasteiger partial charge in [0.1, 0.15) is 5.52 Å². The predicted octanol–water partition coefficient (Wildman–Crippen LogP) is 1.08. The summed E-state index contributed by atoms with van der Waals surface area (Å²) in [6.45, 7) is 0. The van der Waals surface area contributed by atoms with Crippen LogP contribution in [0.4, 0.5) is 0 Å². The Morgan fingerprint density at radius 2 is 2.23 bits per heavy atom. The minimum absolute atomic E-state index is 0. The predicted molar refractivity (Wildman–Crippen MR) is 48.1 cm³/mol. The molecule has 0 bridgehead atoms. The highest BCUT2D eigenvalue weighted by Gasteiger charge is 2.10. The van der Waals surface area contributed by atoms with Gasteiger partial charge in [-0.25, -0.2) is 14.8 Å². The number of hydrogen-bond donors (Lipinski definition) is 2. The Bertz CT molecular complexity index is 440. The zero-order valence-corrected chi connectivity index (χ0v) is 7.21. The molecule has 0 atom stereocenters. The monoisotopic (exact) mass is 199 g/mol. The number of nitrogens with one attached hydrogen (secondary N) is 1. The summed E-state index contributed by atoms with van der Waals surface area (Å²) >= 11 is 0. The molecule has 2 heterocycles. The lowest BCUT2D eigenvalue weighted by atomic mass is 10.3. The molecule has 6 heteroatoms. The molecule has 13 heavy (non-hydrogen) atoms. The second-order valence-electron chi connectivity index (χ2n) is 2.26. The fraction of sp³-hybridized carbons (Fsp3) is 0. The number of hydrogen-bond acceptors (Lipinski definition) is 3. The van der Waals surface area contributed by atoms with Gasteiger partial charge in [0.05, 0.1) is 11.8 Å². The van der Waals surface area contributed by atoms with Crippen molar-refractivity contribution in [3.63, 3.8) is 0 Å². The Hall–Kier alpha value is -1.62. The Kier molecular flexibility index (Phi) is 2.48. The third-order valence-corrected chi connectivity index (χ3v) is 1.54. The normalized spacial score (nSPS) is 9.54. The van der Waals surface area contributed by atoms with Crippen LogP contribution in [-0.4, -0.2) is 26.0 Å². The van der Waals surface area contributed by atoms with E-state index < -0.39 is 5.97 Å². The smallest absolute Gasteiger partial charge is 0.356 e. The molecule has 0 unspecified atom stereocenters. The van der Waals surface area contributed by atoms with Crippen molar-refractivity contribution < 1.29 is 9.90 Å². The van der Waals surface area contributed by atoms with E-state index in [1.165, 1.54) is 12.5 Å². The molecule has 0 aliphatic heterocycles. The Morgan fingerprint density at radius 1 is 1.46 bits per heavy atom. The van der Waals surface area contributed by atoms with Gasteiger partial charge in [-0.15, -0.1) is 12.4 Å². The number of H-pyrrole nitrogens is 1. The first-order valence-corrected chi connectivity index (χ1v) is 3.30. The zero-order chi connectivity index (χ0) is 8.55. The van der Waals surface area contributed by atoms with Crippen LogP contribution >= 0.6 is 12.4 Å². The van der Waals surface area contributed by atoms with Crippen LogP contribution in [0.25, 0.3) is 11.0 Å². The molecule has 0 radical (unpaired) electrons. The molecule has 2 rings (SSSR count). The van der Waals surface area contributed by atoms with Gasteiger partial charge in [-0.2, -0.15) is 0 Å². The maximum Gasteiger partial charge on any atom is 0.356 e. The van der Waals surface area contributed by atoms with E-state index in [0.717, 1.165) is 0 Å². The van der Waals surface area contributed by atoms with Crippen molar-refractivity contribution in [2.75, 3.05) is 0 Å². The lowest BCUT2D eigenvalue weighted by molar-refractivity contribution is 0.0692. The molecule has 68 valence electrons. The fourth-order valence-electron chi connectivity index (χ4n) is 1.02. The molecule has 2 aromatic heterocycles. The summed E-state index contributed by atoms with van der Waals surface area (Å²) in [6.07, 6.45) is 2.88. The molecule has 0 aromatic carbocycles. The van der Waals surface area contributed by atoms with E-state index in [1.807, 2.05) is 0 Å². The summed E-state index contributed by atoms with van der Waals surface area (Å²) < 4.78 is 0. The Morgan fingerprint density at radius 3 is 2.92 bits per heavy atom. The second kappa shape index (κ2) is 3.40. The summed E-state index contributed by atoms with van der Waals surface area (Å²) in [5.74, 6) is -1.06. The maximum atomic E-state index is 10.6. The van der Waals surface area contributed by atoms with Crippen LogP contribution in [0.15, 0.2) is 18.6 Å². The van der Waals surface area contributed by atoms with Crippen LogP contribution in [-0.2, 0) is 0 Å². The van der Waals surface area contributed by atoms with E-state index in [9.17, 15) is 4.79 Å². The van der Waals surface area contributed by atoms with E-state index in [1.54, 1.807) is 6.07 Å². The maximum absolute atomic E-state index is 10.6. The lowest BCUT2D eigenvalue weighted by Crippen LogP contribution is -2.00.